The van der Waals surface area contributed by atoms with Crippen molar-refractivity contribution in [3.8, 4) is 11.4 Å². The van der Waals surface area contributed by atoms with Crippen LogP contribution in [0.2, 0.25) is 0 Å². The number of oxime groups is 1. The molecule has 0 saturated carbocycles. The molecule has 1 atom stereocenters. The molecule has 1 aliphatic rings. The highest BCUT2D eigenvalue weighted by Gasteiger charge is 2.43. The Labute approximate surface area is 191 Å². The van der Waals surface area contributed by atoms with Gasteiger partial charge in [-0.2, -0.15) is 0 Å². The lowest BCUT2D eigenvalue weighted by molar-refractivity contribution is -0.108. The van der Waals surface area contributed by atoms with Crippen LogP contribution < -0.4 is 4.74 Å². The fourth-order valence-corrected chi connectivity index (χ4v) is 4.17. The number of methoxy groups -OCH3 is 2. The van der Waals surface area contributed by atoms with Crippen LogP contribution in [-0.4, -0.2) is 53.4 Å². The number of aromatic nitrogens is 2. The van der Waals surface area contributed by atoms with Crippen molar-refractivity contribution < 1.29 is 14.3 Å². The van der Waals surface area contributed by atoms with E-state index in [2.05, 4.69) is 48.8 Å². The highest BCUT2D eigenvalue weighted by atomic mass is 16.7. The number of aryl methyl sites for hydroxylation is 1. The van der Waals surface area contributed by atoms with Crippen LogP contribution in [-0.2, 0) is 9.57 Å². The van der Waals surface area contributed by atoms with Gasteiger partial charge in [-0.25, -0.2) is 4.98 Å². The third-order valence-electron chi connectivity index (χ3n) is 5.39. The molecule has 1 aromatic carbocycles. The maximum Gasteiger partial charge on any atom is 0.209 e. The average Bonchev–Trinajstić information content (AvgIpc) is 3.28. The van der Waals surface area contributed by atoms with Gasteiger partial charge >= 0.3 is 0 Å². The molecule has 1 aromatic heterocycles. The zero-order chi connectivity index (χ0) is 23.4. The van der Waals surface area contributed by atoms with Crippen LogP contribution in [0.5, 0.6) is 5.75 Å². The predicted octanol–water partition coefficient (Wildman–Crippen LogP) is 5.04. The minimum Gasteiger partial charge on any atom is -0.495 e. The van der Waals surface area contributed by atoms with Gasteiger partial charge in [0.25, 0.3) is 0 Å². The number of amidine groups is 1. The van der Waals surface area contributed by atoms with E-state index in [0.29, 0.717) is 6.61 Å². The first-order valence-corrected chi connectivity index (χ1v) is 11.0. The molecule has 2 aromatic rings. The molecule has 7 heteroatoms. The summed E-state index contributed by atoms with van der Waals surface area (Å²) < 4.78 is 12.9. The zero-order valence-corrected chi connectivity index (χ0v) is 20.4. The van der Waals surface area contributed by atoms with Gasteiger partial charge in [0.1, 0.15) is 5.75 Å². The van der Waals surface area contributed by atoms with E-state index in [0.717, 1.165) is 47.9 Å². The fraction of sp³-hybridized carbons (Fsp3) is 0.520. The Hall–Kier alpha value is -2.80. The zero-order valence-electron chi connectivity index (χ0n) is 20.4. The first kappa shape index (κ1) is 23.9. The first-order valence-electron chi connectivity index (χ1n) is 11.0. The largest absolute Gasteiger partial charge is 0.495 e. The first-order chi connectivity index (χ1) is 15.1. The molecule has 0 aliphatic carbocycles. The molecule has 7 nitrogen and oxygen atoms in total. The lowest BCUT2D eigenvalue weighted by atomic mass is 9.86. The smallest absolute Gasteiger partial charge is 0.209 e. The minimum atomic E-state index is -0.480. The second kappa shape index (κ2) is 9.77. The number of ether oxygens (including phenoxy) is 2. The Morgan fingerprint density at radius 1 is 1.19 bits per heavy atom. The lowest BCUT2D eigenvalue weighted by Crippen LogP contribution is -2.48. The Morgan fingerprint density at radius 2 is 1.97 bits per heavy atom. The van der Waals surface area contributed by atoms with Gasteiger partial charge in [-0.05, 0) is 49.5 Å². The maximum atomic E-state index is 5.97. The maximum absolute atomic E-state index is 5.97. The van der Waals surface area contributed by atoms with Crippen molar-refractivity contribution in [1.29, 1.82) is 0 Å². The Morgan fingerprint density at radius 3 is 2.59 bits per heavy atom. The van der Waals surface area contributed by atoms with Crippen molar-refractivity contribution >= 4 is 11.9 Å². The summed E-state index contributed by atoms with van der Waals surface area (Å²) in [7, 11) is 3.41. The third kappa shape index (κ3) is 5.71. The molecule has 0 saturated heterocycles. The molecule has 0 radical (unpaired) electrons. The Balaban J connectivity index is 1.81. The van der Waals surface area contributed by atoms with E-state index in [1.165, 1.54) is 0 Å². The Bertz CT molecular complexity index is 974. The van der Waals surface area contributed by atoms with Crippen LogP contribution >= 0.6 is 0 Å². The van der Waals surface area contributed by atoms with E-state index in [4.69, 9.17) is 14.3 Å². The molecule has 0 bridgehead atoms. The molecular weight excluding hydrogens is 404 g/mol. The molecule has 0 amide bonds. The van der Waals surface area contributed by atoms with Crippen LogP contribution in [0.1, 0.15) is 51.8 Å². The van der Waals surface area contributed by atoms with E-state index in [1.54, 1.807) is 20.5 Å². The van der Waals surface area contributed by atoms with Crippen LogP contribution in [0, 0.1) is 12.3 Å². The summed E-state index contributed by atoms with van der Waals surface area (Å²) in [5.74, 6) is 1.60. The molecule has 0 N–H and O–H groups in total. The predicted molar refractivity (Wildman–Crippen MR) is 128 cm³/mol. The van der Waals surface area contributed by atoms with E-state index in [-0.39, 0.29) is 5.41 Å². The van der Waals surface area contributed by atoms with Gasteiger partial charge in [0.05, 0.1) is 24.8 Å². The number of nitrogens with zero attached hydrogens (tertiary/aromatic N) is 4. The van der Waals surface area contributed by atoms with Crippen LogP contribution in [0.4, 0.5) is 0 Å². The average molecular weight is 441 g/mol. The minimum absolute atomic E-state index is 0.109. The quantitative estimate of drug-likeness (QED) is 0.512. The summed E-state index contributed by atoms with van der Waals surface area (Å²) in [6.07, 6.45) is 9.59. The molecule has 0 fully saturated rings. The van der Waals surface area contributed by atoms with Crippen LogP contribution in [0.15, 0.2) is 42.0 Å². The van der Waals surface area contributed by atoms with E-state index in [9.17, 15) is 0 Å². The second-order valence-corrected chi connectivity index (χ2v) is 9.64. The van der Waals surface area contributed by atoms with Crippen LogP contribution in [0.3, 0.4) is 0 Å². The summed E-state index contributed by atoms with van der Waals surface area (Å²) in [6.45, 7) is 12.3. The second-order valence-electron chi connectivity index (χ2n) is 9.64. The number of hydrogen-bond donors (Lipinski definition) is 0. The van der Waals surface area contributed by atoms with Crippen LogP contribution in [0.25, 0.3) is 11.8 Å². The molecule has 174 valence electrons. The number of rotatable bonds is 9. The summed E-state index contributed by atoms with van der Waals surface area (Å²) in [4.78, 5) is 12.5. The summed E-state index contributed by atoms with van der Waals surface area (Å²) in [5.41, 5.74) is 2.56. The Kier molecular flexibility index (Phi) is 7.29. The topological polar surface area (TPSA) is 61.1 Å². The molecule has 1 unspecified atom stereocenters. The van der Waals surface area contributed by atoms with Crippen molar-refractivity contribution in [3.63, 3.8) is 0 Å². The van der Waals surface area contributed by atoms with E-state index >= 15 is 0 Å². The number of benzene rings is 1. The normalized spacial score (nSPS) is 18.8. The van der Waals surface area contributed by atoms with Gasteiger partial charge in [-0.15, -0.1) is 0 Å². The molecule has 32 heavy (non-hydrogen) atoms. The van der Waals surface area contributed by atoms with E-state index < -0.39 is 5.72 Å². The van der Waals surface area contributed by atoms with Gasteiger partial charge in [-0.3, -0.25) is 0 Å². The molecule has 3 rings (SSSR count). The molecule has 2 heterocycles. The number of hydrogen-bond acceptors (Lipinski definition) is 6. The van der Waals surface area contributed by atoms with E-state index in [1.807, 2.05) is 42.0 Å². The fourth-order valence-electron chi connectivity index (χ4n) is 4.17. The highest BCUT2D eigenvalue weighted by molar-refractivity contribution is 5.97. The van der Waals surface area contributed by atoms with Crippen molar-refractivity contribution in [2.75, 3.05) is 27.4 Å². The van der Waals surface area contributed by atoms with Gasteiger partial charge in [0.2, 0.25) is 5.72 Å². The van der Waals surface area contributed by atoms with Crippen molar-refractivity contribution in [1.82, 2.24) is 14.5 Å². The van der Waals surface area contributed by atoms with Crippen molar-refractivity contribution in [2.24, 2.45) is 10.6 Å². The SMILES string of the molecule is COCCCN1C(C=Cc2ccc(-n3cnc(C)c3)c(OC)c2)=NOC1(C)CC(C)(C)C. The van der Waals surface area contributed by atoms with Crippen molar-refractivity contribution in [3.05, 3.63) is 48.1 Å². The number of imidazole rings is 1. The van der Waals surface area contributed by atoms with Gasteiger partial charge in [-0.1, -0.05) is 38.1 Å². The highest BCUT2D eigenvalue weighted by Crippen LogP contribution is 2.36. The summed E-state index contributed by atoms with van der Waals surface area (Å²) >= 11 is 0. The molecule has 1 aliphatic heterocycles. The van der Waals surface area contributed by atoms with Gasteiger partial charge in [0, 0.05) is 32.9 Å². The lowest BCUT2D eigenvalue weighted by Gasteiger charge is -2.38. The molecule has 0 spiro atoms. The van der Waals surface area contributed by atoms with Crippen molar-refractivity contribution in [2.45, 2.75) is 53.2 Å². The van der Waals surface area contributed by atoms with Gasteiger partial charge in [0.15, 0.2) is 5.84 Å². The standard InChI is InChI=1S/C25H36N4O3/c1-19-16-28(18-26-19)21-11-9-20(15-22(21)31-7)10-12-23-27-32-25(5,17-24(2,3)4)29(23)13-8-14-30-6/h9-12,15-16,18H,8,13-14,17H2,1-7H3. The summed E-state index contributed by atoms with van der Waals surface area (Å²) in [5, 5.41) is 4.43. The molecular formula is C25H36N4O3. The van der Waals surface area contributed by atoms with Gasteiger partial charge < -0.3 is 23.8 Å². The third-order valence-corrected chi connectivity index (χ3v) is 5.39. The summed E-state index contributed by atoms with van der Waals surface area (Å²) in [6, 6.07) is 6.11. The monoisotopic (exact) mass is 440 g/mol.